The third kappa shape index (κ3) is 2.93. The predicted molar refractivity (Wildman–Crippen MR) is 82.8 cm³/mol. The minimum absolute atomic E-state index is 0.518. The smallest absolute Gasteiger partial charge is 0.106 e. The molecule has 19 heavy (non-hydrogen) atoms. The van der Waals surface area contributed by atoms with Gasteiger partial charge < -0.3 is 5.32 Å². The first-order valence-electron chi connectivity index (χ1n) is 6.35. The molecule has 1 fully saturated rings. The first-order valence-corrected chi connectivity index (χ1v) is 7.52. The van der Waals surface area contributed by atoms with Gasteiger partial charge in [-0.05, 0) is 58.5 Å². The Hall–Kier alpha value is -1.06. The number of pyridine rings is 1. The summed E-state index contributed by atoms with van der Waals surface area (Å²) in [4.78, 5) is 4.21. The molecule has 1 N–H and O–H groups in total. The number of aromatic nitrogens is 1. The maximum Gasteiger partial charge on any atom is 0.106 e. The lowest BCUT2D eigenvalue weighted by molar-refractivity contribution is 0.374. The first-order chi connectivity index (χ1) is 9.22. The zero-order valence-corrected chi connectivity index (χ0v) is 12.7. The van der Waals surface area contributed by atoms with Crippen LogP contribution in [0.25, 0.3) is 0 Å². The molecule has 2 aromatic rings. The highest BCUT2D eigenvalue weighted by atomic mass is 79.9. The third-order valence-electron chi connectivity index (χ3n) is 3.58. The number of nitrogens with zero attached hydrogens (tertiary/aromatic N) is 1. The van der Waals surface area contributed by atoms with Crippen LogP contribution in [0.3, 0.4) is 0 Å². The van der Waals surface area contributed by atoms with Crippen LogP contribution in [0, 0.1) is 0 Å². The summed E-state index contributed by atoms with van der Waals surface area (Å²) in [7, 11) is 0. The second kappa shape index (κ2) is 5.51. The van der Waals surface area contributed by atoms with Crippen molar-refractivity contribution in [2.24, 2.45) is 0 Å². The molecule has 0 bridgehead atoms. The van der Waals surface area contributed by atoms with Crippen molar-refractivity contribution in [1.82, 2.24) is 4.98 Å². The lowest BCUT2D eigenvalue weighted by Crippen LogP contribution is -2.34. The highest BCUT2D eigenvalue weighted by molar-refractivity contribution is 9.10. The summed E-state index contributed by atoms with van der Waals surface area (Å²) >= 11 is 9.56. The fourth-order valence-electron chi connectivity index (χ4n) is 2.49. The molecule has 1 saturated carbocycles. The largest absolute Gasteiger partial charge is 0.381 e. The quantitative estimate of drug-likeness (QED) is 0.809. The van der Waals surface area contributed by atoms with Gasteiger partial charge in [-0.1, -0.05) is 29.8 Å². The molecule has 1 aliphatic carbocycles. The topological polar surface area (TPSA) is 24.9 Å². The second-order valence-electron chi connectivity index (χ2n) is 4.90. The highest BCUT2D eigenvalue weighted by Gasteiger charge is 2.31. The van der Waals surface area contributed by atoms with Crippen molar-refractivity contribution in [1.29, 1.82) is 0 Å². The Morgan fingerprint density at radius 2 is 1.95 bits per heavy atom. The van der Waals surface area contributed by atoms with Gasteiger partial charge in [-0.2, -0.15) is 0 Å². The summed E-state index contributed by atoms with van der Waals surface area (Å²) in [5.74, 6) is 0.578. The number of hydrogen-bond donors (Lipinski definition) is 1. The zero-order chi connectivity index (χ0) is 13.2. The molecule has 0 spiro atoms. The van der Waals surface area contributed by atoms with Crippen LogP contribution in [-0.2, 0) is 0 Å². The molecule has 2 nitrogen and oxygen atoms in total. The Balaban J connectivity index is 1.58. The molecule has 0 aliphatic heterocycles. The lowest BCUT2D eigenvalue weighted by Gasteiger charge is -2.37. The van der Waals surface area contributed by atoms with Gasteiger partial charge in [-0.25, -0.2) is 4.98 Å². The van der Waals surface area contributed by atoms with Crippen LogP contribution in [0.1, 0.15) is 24.3 Å². The minimum atomic E-state index is 0.518. The minimum Gasteiger partial charge on any atom is -0.381 e. The van der Waals surface area contributed by atoms with Crippen LogP contribution in [0.15, 0.2) is 47.2 Å². The van der Waals surface area contributed by atoms with E-state index in [1.165, 1.54) is 5.56 Å². The molecule has 0 unspecified atom stereocenters. The molecule has 4 heteroatoms. The van der Waals surface area contributed by atoms with Crippen molar-refractivity contribution in [2.45, 2.75) is 24.8 Å². The van der Waals surface area contributed by atoms with E-state index in [0.29, 0.717) is 12.0 Å². The van der Waals surface area contributed by atoms with Crippen molar-refractivity contribution in [2.75, 3.05) is 5.32 Å². The van der Waals surface area contributed by atoms with Gasteiger partial charge in [0.15, 0.2) is 0 Å². The molecule has 98 valence electrons. The van der Waals surface area contributed by atoms with Gasteiger partial charge >= 0.3 is 0 Å². The molecule has 1 aromatic heterocycles. The number of anilines is 1. The van der Waals surface area contributed by atoms with Gasteiger partial charge in [0.05, 0.1) is 11.9 Å². The van der Waals surface area contributed by atoms with Crippen molar-refractivity contribution in [3.63, 3.8) is 0 Å². The van der Waals surface area contributed by atoms with E-state index in [4.69, 9.17) is 11.6 Å². The molecule has 0 atom stereocenters. The summed E-state index contributed by atoms with van der Waals surface area (Å²) in [5, 5.41) is 4.38. The Bertz CT molecular complexity index is 565. The number of benzene rings is 1. The number of rotatable bonds is 3. The maximum absolute atomic E-state index is 6.22. The van der Waals surface area contributed by atoms with Gasteiger partial charge in [0.2, 0.25) is 0 Å². The summed E-state index contributed by atoms with van der Waals surface area (Å²) in [6, 6.07) is 12.6. The number of hydrogen-bond acceptors (Lipinski definition) is 2. The number of nitrogens with one attached hydrogen (secondary N) is 1. The predicted octanol–water partition coefficient (Wildman–Crippen LogP) is 4.86. The Kier molecular flexibility index (Phi) is 3.76. The lowest BCUT2D eigenvalue weighted by atomic mass is 9.76. The molecule has 0 amide bonds. The van der Waals surface area contributed by atoms with Crippen LogP contribution in [0.4, 0.5) is 5.69 Å². The fourth-order valence-corrected chi connectivity index (χ4v) is 3.02. The Morgan fingerprint density at radius 3 is 2.63 bits per heavy atom. The van der Waals surface area contributed by atoms with E-state index in [2.05, 4.69) is 38.4 Å². The standard InChI is InChI=1S/C15H14BrClN2/c16-15-6-5-11(9-18-15)19-12-7-10(8-12)13-3-1-2-4-14(13)17/h1-6,9-10,12,19H,7-8H2. The molecular formula is C15H14BrClN2. The normalized spacial score (nSPS) is 21.8. The molecule has 1 heterocycles. The molecule has 0 saturated heterocycles. The zero-order valence-electron chi connectivity index (χ0n) is 10.3. The van der Waals surface area contributed by atoms with E-state index >= 15 is 0 Å². The summed E-state index contributed by atoms with van der Waals surface area (Å²) in [5.41, 5.74) is 2.35. The fraction of sp³-hybridized carbons (Fsp3) is 0.267. The van der Waals surface area contributed by atoms with Crippen LogP contribution in [-0.4, -0.2) is 11.0 Å². The Labute approximate surface area is 126 Å². The van der Waals surface area contributed by atoms with Gasteiger partial charge in [0.1, 0.15) is 4.60 Å². The van der Waals surface area contributed by atoms with Crippen LogP contribution < -0.4 is 5.32 Å². The van der Waals surface area contributed by atoms with E-state index in [9.17, 15) is 0 Å². The van der Waals surface area contributed by atoms with Crippen LogP contribution >= 0.6 is 27.5 Å². The SMILES string of the molecule is Clc1ccccc1C1CC(Nc2ccc(Br)nc2)C1. The maximum atomic E-state index is 6.22. The van der Waals surface area contributed by atoms with Crippen molar-refractivity contribution >= 4 is 33.2 Å². The highest BCUT2D eigenvalue weighted by Crippen LogP contribution is 2.41. The van der Waals surface area contributed by atoms with Gasteiger partial charge in [0, 0.05) is 11.1 Å². The first kappa shape index (κ1) is 12.9. The van der Waals surface area contributed by atoms with Crippen LogP contribution in [0.5, 0.6) is 0 Å². The van der Waals surface area contributed by atoms with E-state index < -0.39 is 0 Å². The molecular weight excluding hydrogens is 324 g/mol. The summed E-state index contributed by atoms with van der Waals surface area (Å²) < 4.78 is 0.862. The van der Waals surface area contributed by atoms with Gasteiger partial charge in [-0.15, -0.1) is 0 Å². The van der Waals surface area contributed by atoms with E-state index in [-0.39, 0.29) is 0 Å². The molecule has 1 aliphatic rings. The summed E-state index contributed by atoms with van der Waals surface area (Å²) in [6.45, 7) is 0. The number of halogens is 2. The Morgan fingerprint density at radius 1 is 1.16 bits per heavy atom. The average molecular weight is 338 g/mol. The van der Waals surface area contributed by atoms with Crippen LogP contribution in [0.2, 0.25) is 5.02 Å². The van der Waals surface area contributed by atoms with Gasteiger partial charge in [-0.3, -0.25) is 0 Å². The molecule has 1 aromatic carbocycles. The van der Waals surface area contributed by atoms with E-state index in [1.807, 2.05) is 30.5 Å². The molecule has 0 radical (unpaired) electrons. The van der Waals surface area contributed by atoms with Crippen molar-refractivity contribution in [3.05, 3.63) is 57.8 Å². The second-order valence-corrected chi connectivity index (χ2v) is 6.12. The monoisotopic (exact) mass is 336 g/mol. The summed E-state index contributed by atoms with van der Waals surface area (Å²) in [6.07, 6.45) is 4.10. The van der Waals surface area contributed by atoms with Crippen molar-refractivity contribution < 1.29 is 0 Å². The molecule has 3 rings (SSSR count). The average Bonchev–Trinajstić information content (AvgIpc) is 2.37. The third-order valence-corrected chi connectivity index (χ3v) is 4.39. The van der Waals surface area contributed by atoms with E-state index in [0.717, 1.165) is 28.2 Å². The van der Waals surface area contributed by atoms with Gasteiger partial charge in [0.25, 0.3) is 0 Å². The van der Waals surface area contributed by atoms with E-state index in [1.54, 1.807) is 0 Å². The van der Waals surface area contributed by atoms with Crippen molar-refractivity contribution in [3.8, 4) is 0 Å².